The van der Waals surface area contributed by atoms with Gasteiger partial charge in [-0.05, 0) is 53.2 Å². The molecule has 2 N–H and O–H groups in total. The molecule has 1 heterocycles. The fourth-order valence-corrected chi connectivity index (χ4v) is 2.80. The molecule has 0 amide bonds. The van der Waals surface area contributed by atoms with Gasteiger partial charge in [-0.1, -0.05) is 0 Å². The maximum atomic E-state index is 5.93. The molecule has 4 nitrogen and oxygen atoms in total. The highest BCUT2D eigenvalue weighted by atomic mass is 16.5. The highest BCUT2D eigenvalue weighted by molar-refractivity contribution is 4.83. The summed E-state index contributed by atoms with van der Waals surface area (Å²) in [5, 5.41) is 0. The average Bonchev–Trinajstić information content (AvgIpc) is 2.71. The summed E-state index contributed by atoms with van der Waals surface area (Å²) < 4.78 is 5.52. The van der Waals surface area contributed by atoms with Crippen LogP contribution >= 0.6 is 0 Å². The van der Waals surface area contributed by atoms with Gasteiger partial charge >= 0.3 is 0 Å². The molecule has 0 aromatic heterocycles. The van der Waals surface area contributed by atoms with Crippen LogP contribution in [0.3, 0.4) is 0 Å². The molecule has 108 valence electrons. The minimum Gasteiger partial charge on any atom is -0.379 e. The highest BCUT2D eigenvalue weighted by Gasteiger charge is 2.27. The van der Waals surface area contributed by atoms with Crippen LogP contribution in [-0.2, 0) is 4.74 Å². The Bertz CT molecular complexity index is 245. The smallest absolute Gasteiger partial charge is 0.0638 e. The summed E-state index contributed by atoms with van der Waals surface area (Å²) in [5.41, 5.74) is 5.84. The van der Waals surface area contributed by atoms with Crippen molar-refractivity contribution in [3.05, 3.63) is 0 Å². The highest BCUT2D eigenvalue weighted by Crippen LogP contribution is 2.21. The summed E-state index contributed by atoms with van der Waals surface area (Å²) in [7, 11) is 6.18. The second kappa shape index (κ2) is 6.85. The van der Waals surface area contributed by atoms with E-state index in [0.29, 0.717) is 12.6 Å². The lowest BCUT2D eigenvalue weighted by atomic mass is 9.97. The second-order valence-corrected chi connectivity index (χ2v) is 6.41. The van der Waals surface area contributed by atoms with Crippen molar-refractivity contribution in [3.63, 3.8) is 0 Å². The van der Waals surface area contributed by atoms with Crippen LogP contribution in [0.4, 0.5) is 0 Å². The summed E-state index contributed by atoms with van der Waals surface area (Å²) in [4.78, 5) is 4.83. The van der Waals surface area contributed by atoms with Crippen LogP contribution in [0.1, 0.15) is 26.7 Å². The lowest BCUT2D eigenvalue weighted by molar-refractivity contribution is -0.00587. The molecule has 0 aromatic rings. The van der Waals surface area contributed by atoms with Gasteiger partial charge in [-0.25, -0.2) is 0 Å². The zero-order valence-electron chi connectivity index (χ0n) is 12.8. The molecule has 0 saturated carbocycles. The topological polar surface area (TPSA) is 41.7 Å². The summed E-state index contributed by atoms with van der Waals surface area (Å²) in [6.45, 7) is 8.56. The van der Waals surface area contributed by atoms with Crippen molar-refractivity contribution in [2.24, 2.45) is 11.7 Å². The summed E-state index contributed by atoms with van der Waals surface area (Å²) in [5.74, 6) is 0.791. The minimum absolute atomic E-state index is 0.0925. The van der Waals surface area contributed by atoms with E-state index in [2.05, 4.69) is 37.7 Å². The van der Waals surface area contributed by atoms with Gasteiger partial charge in [-0.2, -0.15) is 0 Å². The van der Waals surface area contributed by atoms with Crippen molar-refractivity contribution in [1.82, 2.24) is 9.80 Å². The Morgan fingerprint density at radius 2 is 2.17 bits per heavy atom. The lowest BCUT2D eigenvalue weighted by Gasteiger charge is -2.34. The van der Waals surface area contributed by atoms with Crippen molar-refractivity contribution >= 4 is 0 Å². The van der Waals surface area contributed by atoms with Crippen molar-refractivity contribution < 1.29 is 4.74 Å². The SMILES string of the molecule is COC(C)(C)CC(CN)N(C)CC1CCN(C)C1. The fraction of sp³-hybridized carbons (Fsp3) is 1.00. The maximum absolute atomic E-state index is 5.93. The first-order chi connectivity index (χ1) is 8.38. The van der Waals surface area contributed by atoms with Gasteiger partial charge in [0, 0.05) is 32.8 Å². The molecule has 0 spiro atoms. The summed E-state index contributed by atoms with van der Waals surface area (Å²) >= 11 is 0. The number of rotatable bonds is 7. The van der Waals surface area contributed by atoms with Gasteiger partial charge < -0.3 is 20.3 Å². The third-order valence-electron chi connectivity index (χ3n) is 4.21. The number of nitrogens with zero attached hydrogens (tertiary/aromatic N) is 2. The monoisotopic (exact) mass is 257 g/mol. The third-order valence-corrected chi connectivity index (χ3v) is 4.21. The number of hydrogen-bond donors (Lipinski definition) is 1. The van der Waals surface area contributed by atoms with E-state index in [-0.39, 0.29) is 5.60 Å². The fourth-order valence-electron chi connectivity index (χ4n) is 2.80. The van der Waals surface area contributed by atoms with Crippen molar-refractivity contribution in [3.8, 4) is 0 Å². The summed E-state index contributed by atoms with van der Waals surface area (Å²) in [6.07, 6.45) is 2.30. The number of hydrogen-bond acceptors (Lipinski definition) is 4. The molecule has 2 unspecified atom stereocenters. The predicted molar refractivity (Wildman–Crippen MR) is 76.8 cm³/mol. The number of ether oxygens (including phenoxy) is 1. The van der Waals surface area contributed by atoms with E-state index >= 15 is 0 Å². The molecule has 0 bridgehead atoms. The molecular formula is C14H31N3O. The molecule has 1 aliphatic rings. The maximum Gasteiger partial charge on any atom is 0.0638 e. The number of likely N-dealkylation sites (tertiary alicyclic amines) is 1. The zero-order valence-corrected chi connectivity index (χ0v) is 12.8. The van der Waals surface area contributed by atoms with Gasteiger partial charge in [0.05, 0.1) is 5.60 Å². The first-order valence-electron chi connectivity index (χ1n) is 7.02. The van der Waals surface area contributed by atoms with E-state index in [1.165, 1.54) is 19.5 Å². The van der Waals surface area contributed by atoms with Crippen LogP contribution in [0.25, 0.3) is 0 Å². The van der Waals surface area contributed by atoms with Crippen molar-refractivity contribution in [2.75, 3.05) is 47.4 Å². The minimum atomic E-state index is -0.0925. The zero-order chi connectivity index (χ0) is 13.8. The lowest BCUT2D eigenvalue weighted by Crippen LogP contribution is -2.45. The second-order valence-electron chi connectivity index (χ2n) is 6.41. The quantitative estimate of drug-likeness (QED) is 0.739. The van der Waals surface area contributed by atoms with E-state index in [1.807, 2.05) is 0 Å². The van der Waals surface area contributed by atoms with Gasteiger partial charge in [0.25, 0.3) is 0 Å². The standard InChI is InChI=1S/C14H31N3O/c1-14(2,18-5)8-13(9-15)17(4)11-12-6-7-16(3)10-12/h12-13H,6-11,15H2,1-5H3. The van der Waals surface area contributed by atoms with Gasteiger partial charge in [-0.3, -0.25) is 0 Å². The molecule has 1 saturated heterocycles. The predicted octanol–water partition coefficient (Wildman–Crippen LogP) is 1.01. The molecule has 2 atom stereocenters. The Hall–Kier alpha value is -0.160. The number of nitrogens with two attached hydrogens (primary N) is 1. The first kappa shape index (κ1) is 15.9. The van der Waals surface area contributed by atoms with Crippen molar-refractivity contribution in [2.45, 2.75) is 38.3 Å². The van der Waals surface area contributed by atoms with Crippen molar-refractivity contribution in [1.29, 1.82) is 0 Å². The Morgan fingerprint density at radius 1 is 1.50 bits per heavy atom. The Labute approximate surface area is 112 Å². The Morgan fingerprint density at radius 3 is 2.61 bits per heavy atom. The van der Waals surface area contributed by atoms with Crippen LogP contribution in [0.15, 0.2) is 0 Å². The van der Waals surface area contributed by atoms with Crippen LogP contribution < -0.4 is 5.73 Å². The molecule has 0 aliphatic carbocycles. The van der Waals surface area contributed by atoms with Gasteiger partial charge in [0.1, 0.15) is 0 Å². The summed E-state index contributed by atoms with van der Waals surface area (Å²) in [6, 6.07) is 0.408. The number of likely N-dealkylation sites (N-methyl/N-ethyl adjacent to an activating group) is 1. The average molecular weight is 257 g/mol. The number of methoxy groups -OCH3 is 1. The molecule has 0 aromatic carbocycles. The Kier molecular flexibility index (Phi) is 6.05. The largest absolute Gasteiger partial charge is 0.379 e. The molecular weight excluding hydrogens is 226 g/mol. The van der Waals surface area contributed by atoms with E-state index in [0.717, 1.165) is 18.9 Å². The van der Waals surface area contributed by atoms with Crippen LogP contribution in [0.2, 0.25) is 0 Å². The van der Waals surface area contributed by atoms with E-state index < -0.39 is 0 Å². The molecule has 18 heavy (non-hydrogen) atoms. The normalized spacial score (nSPS) is 23.8. The van der Waals surface area contributed by atoms with E-state index in [9.17, 15) is 0 Å². The third kappa shape index (κ3) is 4.84. The van der Waals surface area contributed by atoms with Gasteiger partial charge in [0.2, 0.25) is 0 Å². The van der Waals surface area contributed by atoms with Gasteiger partial charge in [-0.15, -0.1) is 0 Å². The first-order valence-corrected chi connectivity index (χ1v) is 7.02. The van der Waals surface area contributed by atoms with Gasteiger partial charge in [0.15, 0.2) is 0 Å². The van der Waals surface area contributed by atoms with Crippen LogP contribution in [0.5, 0.6) is 0 Å². The van der Waals surface area contributed by atoms with Crippen LogP contribution in [0, 0.1) is 5.92 Å². The molecule has 4 heteroatoms. The Balaban J connectivity index is 2.44. The molecule has 1 rings (SSSR count). The molecule has 1 aliphatic heterocycles. The van der Waals surface area contributed by atoms with E-state index in [4.69, 9.17) is 10.5 Å². The molecule has 0 radical (unpaired) electrons. The van der Waals surface area contributed by atoms with E-state index in [1.54, 1.807) is 7.11 Å². The molecule has 1 fully saturated rings. The van der Waals surface area contributed by atoms with Crippen LogP contribution in [-0.4, -0.2) is 68.8 Å².